The molecular formula is C9H23NO2S. The van der Waals surface area contributed by atoms with Crippen LogP contribution in [-0.2, 0) is 9.84 Å². The van der Waals surface area contributed by atoms with Gasteiger partial charge in [0, 0.05) is 12.8 Å². The van der Waals surface area contributed by atoms with Crippen molar-refractivity contribution in [3.05, 3.63) is 0 Å². The summed E-state index contributed by atoms with van der Waals surface area (Å²) in [5, 5.41) is 2.81. The van der Waals surface area contributed by atoms with E-state index in [0.717, 1.165) is 6.54 Å². The van der Waals surface area contributed by atoms with Crippen LogP contribution in [0.2, 0.25) is 0 Å². The molecule has 0 heterocycles. The average Bonchev–Trinajstić information content (AvgIpc) is 2.07. The molecule has 82 valence electrons. The number of hydrogen-bond donors (Lipinski definition) is 1. The Labute approximate surface area is 82.8 Å². The second kappa shape index (κ2) is 8.51. The molecule has 0 saturated heterocycles. The second-order valence-corrected chi connectivity index (χ2v) is 4.99. The number of rotatable bonds is 5. The van der Waals surface area contributed by atoms with E-state index in [4.69, 9.17) is 0 Å². The van der Waals surface area contributed by atoms with Gasteiger partial charge < -0.3 is 5.32 Å². The first-order valence-corrected chi connectivity index (χ1v) is 6.87. The van der Waals surface area contributed by atoms with Gasteiger partial charge in [0.15, 0.2) is 9.84 Å². The molecule has 0 fully saturated rings. The van der Waals surface area contributed by atoms with Crippen LogP contribution in [0.4, 0.5) is 0 Å². The van der Waals surface area contributed by atoms with Gasteiger partial charge in [0.2, 0.25) is 0 Å². The molecule has 13 heavy (non-hydrogen) atoms. The molecule has 0 rings (SSSR count). The number of hydrogen-bond acceptors (Lipinski definition) is 3. The summed E-state index contributed by atoms with van der Waals surface area (Å²) in [6.45, 7) is 9.26. The van der Waals surface area contributed by atoms with Crippen LogP contribution in [0.25, 0.3) is 0 Å². The zero-order chi connectivity index (χ0) is 10.9. The molecule has 0 amide bonds. The smallest absolute Gasteiger partial charge is 0.151 e. The largest absolute Gasteiger partial charge is 0.316 e. The van der Waals surface area contributed by atoms with E-state index >= 15 is 0 Å². The maximum absolute atomic E-state index is 11.0. The third-order valence-electron chi connectivity index (χ3n) is 1.68. The molecule has 4 heteroatoms. The Kier molecular flexibility index (Phi) is 10.1. The maximum atomic E-state index is 11.0. The summed E-state index contributed by atoms with van der Waals surface area (Å²) in [5.74, 6) is 0. The highest BCUT2D eigenvalue weighted by molar-refractivity contribution is 7.91. The third kappa shape index (κ3) is 8.25. The fourth-order valence-corrected chi connectivity index (χ4v) is 1.93. The summed E-state index contributed by atoms with van der Waals surface area (Å²) in [4.78, 5) is 0. The third-order valence-corrected chi connectivity index (χ3v) is 3.39. The van der Waals surface area contributed by atoms with Gasteiger partial charge in [-0.3, -0.25) is 0 Å². The Bertz CT molecular complexity index is 188. The lowest BCUT2D eigenvalue weighted by Gasteiger charge is -2.12. The second-order valence-electron chi connectivity index (χ2n) is 2.67. The summed E-state index contributed by atoms with van der Waals surface area (Å²) in [5.41, 5.74) is 0. The minimum atomic E-state index is -2.85. The van der Waals surface area contributed by atoms with E-state index in [0.29, 0.717) is 13.0 Å². The minimum Gasteiger partial charge on any atom is -0.316 e. The number of nitrogens with one attached hydrogen (secondary N) is 1. The fourth-order valence-electron chi connectivity index (χ4n) is 0.904. The summed E-state index contributed by atoms with van der Waals surface area (Å²) in [6.07, 6.45) is 1.98. The van der Waals surface area contributed by atoms with Crippen LogP contribution in [-0.4, -0.2) is 33.0 Å². The summed E-state index contributed by atoms with van der Waals surface area (Å²) in [6, 6.07) is 0. The van der Waals surface area contributed by atoms with Crippen molar-refractivity contribution in [3.63, 3.8) is 0 Å². The molecule has 0 aliphatic rings. The van der Waals surface area contributed by atoms with Crippen LogP contribution in [0.1, 0.15) is 34.1 Å². The van der Waals surface area contributed by atoms with Gasteiger partial charge in [-0.25, -0.2) is 8.42 Å². The first kappa shape index (κ1) is 15.4. The van der Waals surface area contributed by atoms with Crippen molar-refractivity contribution in [3.8, 4) is 0 Å². The Morgan fingerprint density at radius 2 is 1.69 bits per heavy atom. The van der Waals surface area contributed by atoms with Gasteiger partial charge >= 0.3 is 0 Å². The Morgan fingerprint density at radius 3 is 1.92 bits per heavy atom. The quantitative estimate of drug-likeness (QED) is 0.745. The standard InChI is InChI=1S/C7H17NO2S.C2H6/c1-4-7(6-8-5-2)11(3,9)10;1-2/h7-8H,4-6H2,1-3H3;1-2H3. The van der Waals surface area contributed by atoms with E-state index in [9.17, 15) is 8.42 Å². The molecule has 0 saturated carbocycles. The molecule has 0 spiro atoms. The molecule has 3 nitrogen and oxygen atoms in total. The van der Waals surface area contributed by atoms with Crippen molar-refractivity contribution in [2.75, 3.05) is 19.3 Å². The van der Waals surface area contributed by atoms with Gasteiger partial charge in [-0.2, -0.15) is 0 Å². The highest BCUT2D eigenvalue weighted by Gasteiger charge is 2.16. The van der Waals surface area contributed by atoms with Gasteiger partial charge in [0.05, 0.1) is 5.25 Å². The molecule has 1 atom stereocenters. The van der Waals surface area contributed by atoms with Gasteiger partial charge in [-0.05, 0) is 13.0 Å². The topological polar surface area (TPSA) is 46.2 Å². The van der Waals surface area contributed by atoms with Crippen LogP contribution < -0.4 is 5.32 Å². The molecule has 0 bridgehead atoms. The van der Waals surface area contributed by atoms with Crippen molar-refractivity contribution in [2.45, 2.75) is 39.4 Å². The molecular weight excluding hydrogens is 186 g/mol. The highest BCUT2D eigenvalue weighted by atomic mass is 32.2. The lowest BCUT2D eigenvalue weighted by atomic mass is 10.3. The number of sulfone groups is 1. The normalized spacial score (nSPS) is 13.0. The predicted octanol–water partition coefficient (Wildman–Crippen LogP) is 1.45. The van der Waals surface area contributed by atoms with E-state index in [2.05, 4.69) is 5.32 Å². The van der Waals surface area contributed by atoms with Crippen LogP contribution >= 0.6 is 0 Å². The highest BCUT2D eigenvalue weighted by Crippen LogP contribution is 2.01. The molecule has 0 aliphatic heterocycles. The minimum absolute atomic E-state index is 0.220. The van der Waals surface area contributed by atoms with Crippen molar-refractivity contribution < 1.29 is 8.42 Å². The summed E-state index contributed by atoms with van der Waals surface area (Å²) < 4.78 is 22.1. The Morgan fingerprint density at radius 1 is 1.23 bits per heavy atom. The van der Waals surface area contributed by atoms with Gasteiger partial charge in [-0.1, -0.05) is 27.7 Å². The lowest BCUT2D eigenvalue weighted by Crippen LogP contribution is -2.32. The molecule has 0 aliphatic carbocycles. The predicted molar refractivity (Wildman–Crippen MR) is 58.8 cm³/mol. The molecule has 0 aromatic carbocycles. The van der Waals surface area contributed by atoms with E-state index in [1.807, 2.05) is 27.7 Å². The molecule has 0 radical (unpaired) electrons. The van der Waals surface area contributed by atoms with Crippen LogP contribution in [0.15, 0.2) is 0 Å². The zero-order valence-corrected chi connectivity index (χ0v) is 10.2. The van der Waals surface area contributed by atoms with Crippen molar-refractivity contribution in [1.82, 2.24) is 5.32 Å². The van der Waals surface area contributed by atoms with E-state index in [1.165, 1.54) is 6.26 Å². The van der Waals surface area contributed by atoms with Crippen LogP contribution in [0.5, 0.6) is 0 Å². The molecule has 1 N–H and O–H groups in total. The average molecular weight is 209 g/mol. The van der Waals surface area contributed by atoms with Crippen molar-refractivity contribution in [2.24, 2.45) is 0 Å². The zero-order valence-electron chi connectivity index (χ0n) is 9.42. The molecule has 0 aromatic heterocycles. The van der Waals surface area contributed by atoms with Gasteiger partial charge in [0.25, 0.3) is 0 Å². The van der Waals surface area contributed by atoms with E-state index < -0.39 is 9.84 Å². The van der Waals surface area contributed by atoms with Gasteiger partial charge in [-0.15, -0.1) is 0 Å². The van der Waals surface area contributed by atoms with Crippen molar-refractivity contribution >= 4 is 9.84 Å². The first-order valence-electron chi connectivity index (χ1n) is 4.92. The first-order chi connectivity index (χ1) is 6.02. The monoisotopic (exact) mass is 209 g/mol. The van der Waals surface area contributed by atoms with Crippen LogP contribution in [0.3, 0.4) is 0 Å². The molecule has 1 unspecified atom stereocenters. The SMILES string of the molecule is CC.CCNCC(CC)S(C)(=O)=O. The van der Waals surface area contributed by atoms with Gasteiger partial charge in [0.1, 0.15) is 0 Å². The summed E-state index contributed by atoms with van der Waals surface area (Å²) in [7, 11) is -2.85. The maximum Gasteiger partial charge on any atom is 0.151 e. The lowest BCUT2D eigenvalue weighted by molar-refractivity contribution is 0.568. The Hall–Kier alpha value is -0.0900. The van der Waals surface area contributed by atoms with E-state index in [-0.39, 0.29) is 5.25 Å². The Balaban J connectivity index is 0. The van der Waals surface area contributed by atoms with Crippen molar-refractivity contribution in [1.29, 1.82) is 0 Å². The fraction of sp³-hybridized carbons (Fsp3) is 1.00. The molecule has 0 aromatic rings. The van der Waals surface area contributed by atoms with Crippen LogP contribution in [0, 0.1) is 0 Å². The summed E-state index contributed by atoms with van der Waals surface area (Å²) >= 11 is 0. The van der Waals surface area contributed by atoms with E-state index in [1.54, 1.807) is 0 Å².